The van der Waals surface area contributed by atoms with Crippen LogP contribution in [0.4, 0.5) is 0 Å². The zero-order valence-corrected chi connectivity index (χ0v) is 9.65. The fraction of sp³-hybridized carbons (Fsp3) is 0.818. The molecule has 1 aliphatic rings. The highest BCUT2D eigenvalue weighted by atomic mass is 16.5. The molecule has 0 aromatic rings. The lowest BCUT2D eigenvalue weighted by Crippen LogP contribution is -2.37. The largest absolute Gasteiger partial charge is 0.480 e. The van der Waals surface area contributed by atoms with Crippen LogP contribution in [-0.2, 0) is 14.3 Å². The highest BCUT2D eigenvalue weighted by molar-refractivity contribution is 5.70. The predicted octanol–water partition coefficient (Wildman–Crippen LogP) is 0.736. The Morgan fingerprint density at radius 1 is 1.38 bits per heavy atom. The summed E-state index contributed by atoms with van der Waals surface area (Å²) in [4.78, 5) is 23.6. The van der Waals surface area contributed by atoms with E-state index in [1.54, 1.807) is 6.92 Å². The highest BCUT2D eigenvalue weighted by Gasteiger charge is 2.22. The molecule has 1 fully saturated rings. The molecule has 0 aromatic heterocycles. The fourth-order valence-electron chi connectivity index (χ4n) is 2.00. The average molecular weight is 229 g/mol. The zero-order valence-electron chi connectivity index (χ0n) is 9.65. The maximum Gasteiger partial charge on any atom is 0.317 e. The van der Waals surface area contributed by atoms with Crippen LogP contribution >= 0.6 is 0 Å². The van der Waals surface area contributed by atoms with Crippen LogP contribution in [0.2, 0.25) is 0 Å². The number of ether oxygens (including phenoxy) is 1. The average Bonchev–Trinajstić information content (AvgIpc) is 2.20. The van der Waals surface area contributed by atoms with Crippen LogP contribution in [0.25, 0.3) is 0 Å². The van der Waals surface area contributed by atoms with E-state index in [9.17, 15) is 9.59 Å². The maximum atomic E-state index is 11.2. The van der Waals surface area contributed by atoms with Gasteiger partial charge in [-0.15, -0.1) is 0 Å². The van der Waals surface area contributed by atoms with Gasteiger partial charge in [-0.2, -0.15) is 0 Å². The summed E-state index contributed by atoms with van der Waals surface area (Å²) in [6, 6.07) is 0. The number of carbonyl (C=O) groups is 2. The van der Waals surface area contributed by atoms with Gasteiger partial charge in [-0.05, 0) is 38.8 Å². The normalized spacial score (nSPS) is 18.3. The summed E-state index contributed by atoms with van der Waals surface area (Å²) in [6.07, 6.45) is 2.23. The minimum absolute atomic E-state index is 0.103. The third kappa shape index (κ3) is 4.61. The highest BCUT2D eigenvalue weighted by Crippen LogP contribution is 2.20. The molecule has 92 valence electrons. The molecule has 1 N–H and O–H groups in total. The Bertz CT molecular complexity index is 246. The van der Waals surface area contributed by atoms with Crippen molar-refractivity contribution in [3.05, 3.63) is 0 Å². The van der Waals surface area contributed by atoms with Gasteiger partial charge < -0.3 is 9.84 Å². The first kappa shape index (κ1) is 13.0. The molecule has 1 aliphatic heterocycles. The van der Waals surface area contributed by atoms with Gasteiger partial charge in [0, 0.05) is 6.42 Å². The second-order valence-electron chi connectivity index (χ2n) is 4.12. The van der Waals surface area contributed by atoms with E-state index in [4.69, 9.17) is 9.84 Å². The quantitative estimate of drug-likeness (QED) is 0.704. The van der Waals surface area contributed by atoms with Gasteiger partial charge in [0.15, 0.2) is 0 Å². The van der Waals surface area contributed by atoms with E-state index in [-0.39, 0.29) is 12.5 Å². The molecule has 0 aromatic carbocycles. The summed E-state index contributed by atoms with van der Waals surface area (Å²) in [5, 5.41) is 8.63. The van der Waals surface area contributed by atoms with Crippen LogP contribution < -0.4 is 0 Å². The molecule has 1 saturated heterocycles. The molecule has 16 heavy (non-hydrogen) atoms. The summed E-state index contributed by atoms with van der Waals surface area (Å²) in [6.45, 7) is 3.85. The van der Waals surface area contributed by atoms with E-state index in [1.165, 1.54) is 0 Å². The van der Waals surface area contributed by atoms with Gasteiger partial charge in [0.2, 0.25) is 0 Å². The summed E-state index contributed by atoms with van der Waals surface area (Å²) in [5.74, 6) is -0.577. The lowest BCUT2D eigenvalue weighted by molar-refractivity contribution is -0.145. The van der Waals surface area contributed by atoms with Gasteiger partial charge in [0.05, 0.1) is 13.2 Å². The Hall–Kier alpha value is -1.10. The van der Waals surface area contributed by atoms with E-state index >= 15 is 0 Å². The molecule has 0 bridgehead atoms. The van der Waals surface area contributed by atoms with Gasteiger partial charge >= 0.3 is 11.9 Å². The van der Waals surface area contributed by atoms with E-state index in [0.29, 0.717) is 18.9 Å². The van der Waals surface area contributed by atoms with Crippen molar-refractivity contribution in [3.8, 4) is 0 Å². The van der Waals surface area contributed by atoms with Crippen LogP contribution in [-0.4, -0.2) is 48.2 Å². The Morgan fingerprint density at radius 3 is 2.50 bits per heavy atom. The number of esters is 1. The lowest BCUT2D eigenvalue weighted by atomic mass is 9.93. The minimum atomic E-state index is -0.788. The lowest BCUT2D eigenvalue weighted by Gasteiger charge is -2.30. The van der Waals surface area contributed by atoms with Crippen LogP contribution in [0.1, 0.15) is 26.2 Å². The first-order valence-corrected chi connectivity index (χ1v) is 5.71. The topological polar surface area (TPSA) is 66.8 Å². The van der Waals surface area contributed by atoms with Crippen molar-refractivity contribution < 1.29 is 19.4 Å². The second kappa shape index (κ2) is 6.48. The molecule has 5 heteroatoms. The number of likely N-dealkylation sites (tertiary alicyclic amines) is 1. The van der Waals surface area contributed by atoms with Gasteiger partial charge in [-0.1, -0.05) is 0 Å². The minimum Gasteiger partial charge on any atom is -0.480 e. The standard InChI is InChI=1S/C11H19NO4/c1-2-16-11(15)7-9-3-5-12(6-4-9)8-10(13)14/h9H,2-8H2,1H3,(H,13,14). The predicted molar refractivity (Wildman–Crippen MR) is 58.0 cm³/mol. The van der Waals surface area contributed by atoms with E-state index in [2.05, 4.69) is 0 Å². The Morgan fingerprint density at radius 2 is 2.00 bits per heavy atom. The number of aliphatic carboxylic acids is 1. The molecular formula is C11H19NO4. The van der Waals surface area contributed by atoms with E-state index < -0.39 is 5.97 Å². The maximum absolute atomic E-state index is 11.2. The third-order valence-electron chi connectivity index (χ3n) is 2.83. The van der Waals surface area contributed by atoms with Crippen LogP contribution in [0, 0.1) is 5.92 Å². The smallest absolute Gasteiger partial charge is 0.317 e. The molecule has 0 aliphatic carbocycles. The SMILES string of the molecule is CCOC(=O)CC1CCN(CC(=O)O)CC1. The molecule has 1 heterocycles. The Balaban J connectivity index is 2.21. The van der Waals surface area contributed by atoms with Crippen molar-refractivity contribution in [1.29, 1.82) is 0 Å². The third-order valence-corrected chi connectivity index (χ3v) is 2.83. The number of rotatable bonds is 5. The van der Waals surface area contributed by atoms with Gasteiger partial charge in [-0.25, -0.2) is 0 Å². The monoisotopic (exact) mass is 229 g/mol. The van der Waals surface area contributed by atoms with Crippen LogP contribution in [0.3, 0.4) is 0 Å². The number of carbonyl (C=O) groups excluding carboxylic acids is 1. The van der Waals surface area contributed by atoms with Crippen molar-refractivity contribution in [1.82, 2.24) is 4.90 Å². The first-order valence-electron chi connectivity index (χ1n) is 5.71. The fourth-order valence-corrected chi connectivity index (χ4v) is 2.00. The van der Waals surface area contributed by atoms with Crippen molar-refractivity contribution >= 4 is 11.9 Å². The molecule has 0 saturated carbocycles. The van der Waals surface area contributed by atoms with Gasteiger partial charge in [0.25, 0.3) is 0 Å². The van der Waals surface area contributed by atoms with Gasteiger partial charge in [0.1, 0.15) is 0 Å². The van der Waals surface area contributed by atoms with Gasteiger partial charge in [-0.3, -0.25) is 14.5 Å². The number of nitrogens with zero attached hydrogens (tertiary/aromatic N) is 1. The molecule has 0 atom stereocenters. The number of carboxylic acid groups (broad SMARTS) is 1. The van der Waals surface area contributed by atoms with Crippen molar-refractivity contribution in [2.75, 3.05) is 26.2 Å². The second-order valence-corrected chi connectivity index (χ2v) is 4.12. The van der Waals surface area contributed by atoms with Crippen molar-refractivity contribution in [2.24, 2.45) is 5.92 Å². The Labute approximate surface area is 95.4 Å². The Kier molecular flexibility index (Phi) is 5.25. The molecular weight excluding hydrogens is 210 g/mol. The number of hydrogen-bond donors (Lipinski definition) is 1. The summed E-state index contributed by atoms with van der Waals surface area (Å²) in [7, 11) is 0. The van der Waals surface area contributed by atoms with Crippen molar-refractivity contribution in [2.45, 2.75) is 26.2 Å². The molecule has 0 spiro atoms. The molecule has 5 nitrogen and oxygen atoms in total. The number of piperidine rings is 1. The number of hydrogen-bond acceptors (Lipinski definition) is 4. The van der Waals surface area contributed by atoms with Crippen LogP contribution in [0.5, 0.6) is 0 Å². The van der Waals surface area contributed by atoms with Crippen LogP contribution in [0.15, 0.2) is 0 Å². The van der Waals surface area contributed by atoms with E-state index in [0.717, 1.165) is 25.9 Å². The zero-order chi connectivity index (χ0) is 12.0. The molecule has 0 amide bonds. The number of carboxylic acids is 1. The summed E-state index contributed by atoms with van der Waals surface area (Å²) >= 11 is 0. The first-order chi connectivity index (χ1) is 7.61. The van der Waals surface area contributed by atoms with Crippen molar-refractivity contribution in [3.63, 3.8) is 0 Å². The molecule has 0 radical (unpaired) electrons. The summed E-state index contributed by atoms with van der Waals surface area (Å²) < 4.78 is 4.89. The molecule has 0 unspecified atom stereocenters. The molecule has 1 rings (SSSR count). The summed E-state index contributed by atoms with van der Waals surface area (Å²) in [5.41, 5.74) is 0. The van der Waals surface area contributed by atoms with E-state index in [1.807, 2.05) is 4.90 Å².